The summed E-state index contributed by atoms with van der Waals surface area (Å²) in [6.07, 6.45) is 0. The molecule has 2 rings (SSSR count). The Morgan fingerprint density at radius 3 is 2.55 bits per heavy atom. The van der Waals surface area contributed by atoms with E-state index in [0.29, 0.717) is 17.9 Å². The summed E-state index contributed by atoms with van der Waals surface area (Å²) in [6.45, 7) is 5.90. The van der Waals surface area contributed by atoms with Crippen LogP contribution in [0.25, 0.3) is 0 Å². The fraction of sp³-hybridized carbons (Fsp3) is 0.294. The van der Waals surface area contributed by atoms with Gasteiger partial charge in [0.2, 0.25) is 0 Å². The molecule has 0 aromatic heterocycles. The van der Waals surface area contributed by atoms with Crippen LogP contribution >= 0.6 is 0 Å². The third-order valence-corrected chi connectivity index (χ3v) is 3.22. The third-order valence-electron chi connectivity index (χ3n) is 3.22. The van der Waals surface area contributed by atoms with Gasteiger partial charge in [-0.2, -0.15) is 0 Å². The van der Waals surface area contributed by atoms with Gasteiger partial charge in [0.25, 0.3) is 0 Å². The molecule has 0 amide bonds. The van der Waals surface area contributed by atoms with Crippen LogP contribution in [0.15, 0.2) is 42.5 Å². The van der Waals surface area contributed by atoms with E-state index >= 15 is 0 Å². The van der Waals surface area contributed by atoms with Crippen LogP contribution in [0.4, 0.5) is 4.39 Å². The SMILES string of the molecule is CCNCc1ccccc1COc1cccc(C)c1F. The van der Waals surface area contributed by atoms with Crippen LogP contribution in [-0.4, -0.2) is 6.54 Å². The van der Waals surface area contributed by atoms with Gasteiger partial charge in [-0.25, -0.2) is 4.39 Å². The maximum Gasteiger partial charge on any atom is 0.167 e. The van der Waals surface area contributed by atoms with Crippen LogP contribution in [-0.2, 0) is 13.2 Å². The molecule has 0 fully saturated rings. The van der Waals surface area contributed by atoms with E-state index in [4.69, 9.17) is 4.74 Å². The Bertz CT molecular complexity index is 569. The Labute approximate surface area is 119 Å². The van der Waals surface area contributed by atoms with Crippen molar-refractivity contribution in [2.24, 2.45) is 0 Å². The van der Waals surface area contributed by atoms with Crippen LogP contribution in [0.3, 0.4) is 0 Å². The molecule has 0 heterocycles. The Balaban J connectivity index is 2.09. The van der Waals surface area contributed by atoms with Crippen LogP contribution in [0.1, 0.15) is 23.6 Å². The number of hydrogen-bond acceptors (Lipinski definition) is 2. The van der Waals surface area contributed by atoms with Crippen molar-refractivity contribution in [3.05, 3.63) is 65.0 Å². The van der Waals surface area contributed by atoms with Crippen LogP contribution in [0.5, 0.6) is 5.75 Å². The molecule has 0 saturated carbocycles. The number of ether oxygens (including phenoxy) is 1. The third kappa shape index (κ3) is 3.58. The van der Waals surface area contributed by atoms with Crippen molar-refractivity contribution < 1.29 is 9.13 Å². The van der Waals surface area contributed by atoms with Gasteiger partial charge in [-0.15, -0.1) is 0 Å². The van der Waals surface area contributed by atoms with E-state index in [1.807, 2.05) is 18.2 Å². The Morgan fingerprint density at radius 1 is 1.05 bits per heavy atom. The van der Waals surface area contributed by atoms with Crippen LogP contribution < -0.4 is 10.1 Å². The lowest BCUT2D eigenvalue weighted by atomic mass is 10.1. The van der Waals surface area contributed by atoms with Crippen molar-refractivity contribution in [1.82, 2.24) is 5.32 Å². The quantitative estimate of drug-likeness (QED) is 0.864. The number of hydrogen-bond donors (Lipinski definition) is 1. The predicted molar refractivity (Wildman–Crippen MR) is 79.3 cm³/mol. The van der Waals surface area contributed by atoms with E-state index in [1.54, 1.807) is 25.1 Å². The Morgan fingerprint density at radius 2 is 1.80 bits per heavy atom. The summed E-state index contributed by atoms with van der Waals surface area (Å²) in [4.78, 5) is 0. The van der Waals surface area contributed by atoms with Gasteiger partial charge in [0, 0.05) is 6.54 Å². The van der Waals surface area contributed by atoms with Gasteiger partial charge < -0.3 is 10.1 Å². The highest BCUT2D eigenvalue weighted by Gasteiger charge is 2.07. The van der Waals surface area contributed by atoms with Crippen molar-refractivity contribution >= 4 is 0 Å². The summed E-state index contributed by atoms with van der Waals surface area (Å²) in [5.74, 6) is 0.0277. The molecule has 3 heteroatoms. The molecule has 0 atom stereocenters. The fourth-order valence-electron chi connectivity index (χ4n) is 2.02. The molecule has 0 aliphatic rings. The zero-order valence-electron chi connectivity index (χ0n) is 11.9. The van der Waals surface area contributed by atoms with Gasteiger partial charge in [0.15, 0.2) is 11.6 Å². The van der Waals surface area contributed by atoms with Gasteiger partial charge in [-0.3, -0.25) is 0 Å². The first-order valence-corrected chi connectivity index (χ1v) is 6.87. The molecule has 0 spiro atoms. The summed E-state index contributed by atoms with van der Waals surface area (Å²) in [5, 5.41) is 3.29. The van der Waals surface area contributed by atoms with E-state index in [0.717, 1.165) is 18.7 Å². The first kappa shape index (κ1) is 14.5. The van der Waals surface area contributed by atoms with Crippen molar-refractivity contribution in [2.45, 2.75) is 27.0 Å². The number of nitrogens with one attached hydrogen (secondary N) is 1. The highest BCUT2D eigenvalue weighted by molar-refractivity contribution is 5.31. The number of rotatable bonds is 6. The lowest BCUT2D eigenvalue weighted by Gasteiger charge is -2.12. The van der Waals surface area contributed by atoms with Gasteiger partial charge in [0.1, 0.15) is 6.61 Å². The first-order valence-electron chi connectivity index (χ1n) is 6.87. The molecule has 20 heavy (non-hydrogen) atoms. The van der Waals surface area contributed by atoms with E-state index in [9.17, 15) is 4.39 Å². The summed E-state index contributed by atoms with van der Waals surface area (Å²) in [5.41, 5.74) is 2.86. The Hall–Kier alpha value is -1.87. The molecule has 0 aliphatic carbocycles. The van der Waals surface area contributed by atoms with Gasteiger partial charge in [-0.05, 0) is 36.2 Å². The maximum absolute atomic E-state index is 13.9. The molecule has 2 nitrogen and oxygen atoms in total. The second-order valence-corrected chi connectivity index (χ2v) is 4.72. The zero-order valence-corrected chi connectivity index (χ0v) is 11.9. The monoisotopic (exact) mass is 273 g/mol. The summed E-state index contributed by atoms with van der Waals surface area (Å²) >= 11 is 0. The topological polar surface area (TPSA) is 21.3 Å². The molecule has 2 aromatic carbocycles. The van der Waals surface area contributed by atoms with Crippen molar-refractivity contribution in [3.8, 4) is 5.75 Å². The molecule has 0 bridgehead atoms. The minimum Gasteiger partial charge on any atom is -0.486 e. The Kier molecular flexibility index (Phi) is 5.13. The van der Waals surface area contributed by atoms with Crippen LogP contribution in [0, 0.1) is 12.7 Å². The molecular formula is C17H20FNO. The van der Waals surface area contributed by atoms with Crippen LogP contribution in [0.2, 0.25) is 0 Å². The minimum absolute atomic E-state index is 0.281. The average Bonchev–Trinajstić information content (AvgIpc) is 2.47. The first-order chi connectivity index (χ1) is 9.72. The molecule has 106 valence electrons. The standard InChI is InChI=1S/C17H20FNO/c1-3-19-11-14-8-4-5-9-15(14)12-20-16-10-6-7-13(2)17(16)18/h4-10,19H,3,11-12H2,1-2H3. The molecule has 2 aromatic rings. The average molecular weight is 273 g/mol. The van der Waals surface area contributed by atoms with Crippen molar-refractivity contribution in [2.75, 3.05) is 6.54 Å². The molecule has 0 unspecified atom stereocenters. The van der Waals surface area contributed by atoms with Gasteiger partial charge in [-0.1, -0.05) is 43.3 Å². The van der Waals surface area contributed by atoms with Crippen molar-refractivity contribution in [1.29, 1.82) is 0 Å². The van der Waals surface area contributed by atoms with Crippen molar-refractivity contribution in [3.63, 3.8) is 0 Å². The highest BCUT2D eigenvalue weighted by atomic mass is 19.1. The number of benzene rings is 2. The maximum atomic E-state index is 13.9. The largest absolute Gasteiger partial charge is 0.486 e. The lowest BCUT2D eigenvalue weighted by Crippen LogP contribution is -2.14. The molecule has 0 saturated heterocycles. The van der Waals surface area contributed by atoms with Gasteiger partial charge in [0.05, 0.1) is 0 Å². The van der Waals surface area contributed by atoms with Gasteiger partial charge >= 0.3 is 0 Å². The summed E-state index contributed by atoms with van der Waals surface area (Å²) in [6, 6.07) is 13.3. The van der Waals surface area contributed by atoms with E-state index in [-0.39, 0.29) is 5.82 Å². The van der Waals surface area contributed by atoms with E-state index in [2.05, 4.69) is 18.3 Å². The summed E-state index contributed by atoms with van der Waals surface area (Å²) in [7, 11) is 0. The highest BCUT2D eigenvalue weighted by Crippen LogP contribution is 2.21. The number of aryl methyl sites for hydroxylation is 1. The second kappa shape index (κ2) is 7.06. The minimum atomic E-state index is -0.281. The van der Waals surface area contributed by atoms with E-state index < -0.39 is 0 Å². The summed E-state index contributed by atoms with van der Waals surface area (Å²) < 4.78 is 19.5. The molecule has 0 radical (unpaired) electrons. The number of halogens is 1. The zero-order chi connectivity index (χ0) is 14.4. The predicted octanol–water partition coefficient (Wildman–Crippen LogP) is 3.82. The molecule has 1 N–H and O–H groups in total. The molecular weight excluding hydrogens is 253 g/mol. The smallest absolute Gasteiger partial charge is 0.167 e. The molecule has 0 aliphatic heterocycles. The normalized spacial score (nSPS) is 10.6. The fourth-order valence-corrected chi connectivity index (χ4v) is 2.02. The lowest BCUT2D eigenvalue weighted by molar-refractivity contribution is 0.288. The van der Waals surface area contributed by atoms with E-state index in [1.165, 1.54) is 5.56 Å². The second-order valence-electron chi connectivity index (χ2n) is 4.72.